The molecule has 1 aliphatic rings. The van der Waals surface area contributed by atoms with Gasteiger partial charge in [-0.1, -0.05) is 6.07 Å². The molecule has 1 aromatic rings. The van der Waals surface area contributed by atoms with Crippen LogP contribution in [0.5, 0.6) is 5.88 Å². The molecule has 1 saturated heterocycles. The van der Waals surface area contributed by atoms with Gasteiger partial charge in [0, 0.05) is 44.5 Å². The molecule has 2 heterocycles. The molecule has 0 spiro atoms. The molecule has 1 aromatic heterocycles. The SMILES string of the molecule is CCNC(=NCc1cccnc1OCC(F)(F)F)N1CCN(C(C)C(F)(F)F)CC1.I. The van der Waals surface area contributed by atoms with E-state index in [4.69, 9.17) is 4.74 Å². The predicted molar refractivity (Wildman–Crippen MR) is 115 cm³/mol. The summed E-state index contributed by atoms with van der Waals surface area (Å²) in [6.45, 7) is 3.20. The molecule has 1 aliphatic heterocycles. The second-order valence-corrected chi connectivity index (χ2v) is 6.78. The highest BCUT2D eigenvalue weighted by molar-refractivity contribution is 14.0. The third-order valence-electron chi connectivity index (χ3n) is 4.59. The number of hydrogen-bond donors (Lipinski definition) is 1. The fourth-order valence-corrected chi connectivity index (χ4v) is 2.94. The number of aliphatic imine (C=N–C) groups is 1. The summed E-state index contributed by atoms with van der Waals surface area (Å²) in [5.41, 5.74) is 0.376. The lowest BCUT2D eigenvalue weighted by molar-refractivity contribution is -0.181. The third-order valence-corrected chi connectivity index (χ3v) is 4.59. The van der Waals surface area contributed by atoms with Crippen molar-refractivity contribution in [2.45, 2.75) is 38.8 Å². The molecule has 1 fully saturated rings. The van der Waals surface area contributed by atoms with Crippen molar-refractivity contribution in [3.63, 3.8) is 0 Å². The minimum absolute atomic E-state index is 0. The van der Waals surface area contributed by atoms with Crippen LogP contribution in [0.15, 0.2) is 23.3 Å². The Morgan fingerprint density at radius 3 is 2.39 bits per heavy atom. The van der Waals surface area contributed by atoms with Gasteiger partial charge in [0.25, 0.3) is 0 Å². The van der Waals surface area contributed by atoms with E-state index in [0.717, 1.165) is 6.92 Å². The number of piperazine rings is 1. The number of hydrogen-bond acceptors (Lipinski definition) is 4. The summed E-state index contributed by atoms with van der Waals surface area (Å²) in [6, 6.07) is 1.60. The second-order valence-electron chi connectivity index (χ2n) is 6.78. The lowest BCUT2D eigenvalue weighted by Gasteiger charge is -2.39. The van der Waals surface area contributed by atoms with Crippen LogP contribution in [-0.4, -0.2) is 78.5 Å². The van der Waals surface area contributed by atoms with Crippen molar-refractivity contribution >= 4 is 29.9 Å². The van der Waals surface area contributed by atoms with Crippen molar-refractivity contribution in [1.29, 1.82) is 0 Å². The van der Waals surface area contributed by atoms with Gasteiger partial charge in [-0.2, -0.15) is 26.3 Å². The number of halogens is 7. The van der Waals surface area contributed by atoms with Crippen LogP contribution in [0, 0.1) is 0 Å². The summed E-state index contributed by atoms with van der Waals surface area (Å²) in [7, 11) is 0. The zero-order valence-corrected chi connectivity index (χ0v) is 19.5. The van der Waals surface area contributed by atoms with Gasteiger partial charge >= 0.3 is 12.4 Å². The van der Waals surface area contributed by atoms with E-state index in [1.54, 1.807) is 12.1 Å². The fourth-order valence-electron chi connectivity index (χ4n) is 2.94. The highest BCUT2D eigenvalue weighted by atomic mass is 127. The lowest BCUT2D eigenvalue weighted by Crippen LogP contribution is -2.56. The minimum Gasteiger partial charge on any atom is -0.468 e. The second kappa shape index (κ2) is 11.9. The van der Waals surface area contributed by atoms with Gasteiger partial charge in [-0.05, 0) is 19.9 Å². The van der Waals surface area contributed by atoms with Gasteiger partial charge in [0.1, 0.15) is 6.04 Å². The van der Waals surface area contributed by atoms with E-state index in [2.05, 4.69) is 15.3 Å². The van der Waals surface area contributed by atoms with Crippen LogP contribution in [0.1, 0.15) is 19.4 Å². The summed E-state index contributed by atoms with van der Waals surface area (Å²) in [5.74, 6) is 0.320. The van der Waals surface area contributed by atoms with Gasteiger partial charge in [0.15, 0.2) is 12.6 Å². The Morgan fingerprint density at radius 1 is 1.19 bits per heavy atom. The average molecular weight is 569 g/mol. The van der Waals surface area contributed by atoms with Crippen molar-refractivity contribution < 1.29 is 31.1 Å². The molecule has 31 heavy (non-hydrogen) atoms. The van der Waals surface area contributed by atoms with Crippen LogP contribution >= 0.6 is 24.0 Å². The first-order valence-corrected chi connectivity index (χ1v) is 9.48. The maximum Gasteiger partial charge on any atom is 0.422 e. The minimum atomic E-state index is -4.49. The van der Waals surface area contributed by atoms with E-state index in [0.29, 0.717) is 31.2 Å². The maximum atomic E-state index is 12.9. The Kier molecular flexibility index (Phi) is 10.6. The molecule has 0 aliphatic carbocycles. The van der Waals surface area contributed by atoms with Gasteiger partial charge in [0.05, 0.1) is 6.54 Å². The van der Waals surface area contributed by atoms with Crippen LogP contribution in [0.3, 0.4) is 0 Å². The van der Waals surface area contributed by atoms with Crippen LogP contribution in [0.4, 0.5) is 26.3 Å². The number of ether oxygens (including phenoxy) is 1. The number of aromatic nitrogens is 1. The van der Waals surface area contributed by atoms with Crippen LogP contribution in [-0.2, 0) is 6.54 Å². The van der Waals surface area contributed by atoms with E-state index in [1.807, 2.05) is 11.8 Å². The number of nitrogens with zero attached hydrogens (tertiary/aromatic N) is 4. The Balaban J connectivity index is 0.00000480. The summed E-state index contributed by atoms with van der Waals surface area (Å²) in [6.07, 6.45) is -7.45. The van der Waals surface area contributed by atoms with Crippen molar-refractivity contribution in [3.8, 4) is 5.88 Å². The van der Waals surface area contributed by atoms with Gasteiger partial charge < -0.3 is 15.0 Å². The van der Waals surface area contributed by atoms with Crippen molar-refractivity contribution in [2.75, 3.05) is 39.3 Å². The largest absolute Gasteiger partial charge is 0.468 e. The molecular formula is C18H26F6IN5O. The monoisotopic (exact) mass is 569 g/mol. The Bertz CT molecular complexity index is 707. The van der Waals surface area contributed by atoms with E-state index in [9.17, 15) is 26.3 Å². The quantitative estimate of drug-likeness (QED) is 0.246. The molecule has 1 N–H and O–H groups in total. The summed E-state index contributed by atoms with van der Waals surface area (Å²) in [4.78, 5) is 11.4. The Morgan fingerprint density at radius 2 is 1.84 bits per heavy atom. The van der Waals surface area contributed by atoms with Gasteiger partial charge in [-0.15, -0.1) is 24.0 Å². The van der Waals surface area contributed by atoms with E-state index >= 15 is 0 Å². The molecule has 0 amide bonds. The molecule has 13 heteroatoms. The van der Waals surface area contributed by atoms with Gasteiger partial charge in [-0.25, -0.2) is 9.98 Å². The van der Waals surface area contributed by atoms with E-state index in [1.165, 1.54) is 11.1 Å². The summed E-state index contributed by atoms with van der Waals surface area (Å²) in [5, 5.41) is 3.07. The third kappa shape index (κ3) is 8.86. The van der Waals surface area contributed by atoms with Gasteiger partial charge in [0.2, 0.25) is 5.88 Å². The fraction of sp³-hybridized carbons (Fsp3) is 0.667. The van der Waals surface area contributed by atoms with Crippen molar-refractivity contribution in [3.05, 3.63) is 23.9 Å². The van der Waals surface area contributed by atoms with Crippen LogP contribution in [0.2, 0.25) is 0 Å². The summed E-state index contributed by atoms with van der Waals surface area (Å²) < 4.78 is 80.8. The number of alkyl halides is 6. The van der Waals surface area contributed by atoms with Crippen LogP contribution < -0.4 is 10.1 Å². The first kappa shape index (κ1) is 27.5. The maximum absolute atomic E-state index is 12.9. The van der Waals surface area contributed by atoms with Crippen molar-refractivity contribution in [1.82, 2.24) is 20.1 Å². The average Bonchev–Trinajstić information content (AvgIpc) is 2.68. The highest BCUT2D eigenvalue weighted by Gasteiger charge is 2.41. The zero-order valence-electron chi connectivity index (χ0n) is 17.1. The molecule has 1 unspecified atom stereocenters. The number of nitrogens with one attached hydrogen (secondary N) is 1. The molecule has 2 rings (SSSR count). The van der Waals surface area contributed by atoms with Crippen molar-refractivity contribution in [2.24, 2.45) is 4.99 Å². The highest BCUT2D eigenvalue weighted by Crippen LogP contribution is 2.25. The molecule has 0 aromatic carbocycles. The lowest BCUT2D eigenvalue weighted by atomic mass is 10.2. The molecule has 6 nitrogen and oxygen atoms in total. The molecule has 178 valence electrons. The predicted octanol–water partition coefficient (Wildman–Crippen LogP) is 3.67. The molecule has 0 saturated carbocycles. The first-order valence-electron chi connectivity index (χ1n) is 9.48. The first-order chi connectivity index (χ1) is 14.0. The number of guanidine groups is 1. The van der Waals surface area contributed by atoms with E-state index in [-0.39, 0.29) is 49.5 Å². The summed E-state index contributed by atoms with van der Waals surface area (Å²) >= 11 is 0. The number of rotatable bonds is 6. The smallest absolute Gasteiger partial charge is 0.422 e. The molecule has 0 radical (unpaired) electrons. The normalized spacial score (nSPS) is 17.2. The van der Waals surface area contributed by atoms with Gasteiger partial charge in [-0.3, -0.25) is 4.90 Å². The standard InChI is InChI=1S/C18H25F6N5O.HI/c1-3-25-16(29-9-7-28(8-10-29)13(2)18(22,23)24)27-11-14-5-4-6-26-15(14)30-12-17(19,20)21;/h4-6,13H,3,7-12H2,1-2H3,(H,25,27);1H. The molecular weight excluding hydrogens is 543 g/mol. The Hall–Kier alpha value is -1.51. The van der Waals surface area contributed by atoms with Crippen LogP contribution in [0.25, 0.3) is 0 Å². The molecule has 0 bridgehead atoms. The van der Waals surface area contributed by atoms with E-state index < -0.39 is 25.0 Å². The Labute approximate surface area is 194 Å². The molecule has 1 atom stereocenters. The topological polar surface area (TPSA) is 53.0 Å². The number of pyridine rings is 1. The zero-order chi connectivity index (χ0) is 22.4.